The van der Waals surface area contributed by atoms with E-state index in [1.54, 1.807) is 6.33 Å². The summed E-state index contributed by atoms with van der Waals surface area (Å²) in [6.45, 7) is 2.15. The van der Waals surface area contributed by atoms with E-state index in [4.69, 9.17) is 9.11 Å². The molecule has 1 aliphatic rings. The Bertz CT molecular complexity index is 1530. The summed E-state index contributed by atoms with van der Waals surface area (Å²) in [5, 5.41) is 7.91. The molecular weight excluding hydrogens is 542 g/mol. The van der Waals surface area contributed by atoms with Crippen molar-refractivity contribution in [3.8, 4) is 0 Å². The van der Waals surface area contributed by atoms with Crippen LogP contribution in [0.15, 0.2) is 36.8 Å². The zero-order chi connectivity index (χ0) is 26.5. The van der Waals surface area contributed by atoms with E-state index in [9.17, 15) is 16.8 Å². The zero-order valence-corrected chi connectivity index (χ0v) is 22.4. The number of anilines is 3. The van der Waals surface area contributed by atoms with Crippen LogP contribution in [0.3, 0.4) is 0 Å². The Kier molecular flexibility index (Phi) is 11.4. The molecule has 5 rings (SSSR count). The van der Waals surface area contributed by atoms with Crippen LogP contribution in [0.2, 0.25) is 0 Å². The smallest absolute Gasteiger partial charge is 0.261 e. The van der Waals surface area contributed by atoms with Gasteiger partial charge in [0, 0.05) is 23.3 Å². The van der Waals surface area contributed by atoms with Gasteiger partial charge in [0.25, 0.3) is 20.2 Å². The lowest BCUT2D eigenvalue weighted by molar-refractivity contribution is 0.488. The minimum Gasteiger partial charge on any atom is -0.412 e. The Morgan fingerprint density at radius 2 is 1.63 bits per heavy atom. The van der Waals surface area contributed by atoms with E-state index >= 15 is 0 Å². The van der Waals surface area contributed by atoms with Crippen LogP contribution in [0.4, 0.5) is 17.5 Å². The molecule has 0 atom stereocenters. The average molecular weight is 574 g/mol. The van der Waals surface area contributed by atoms with Gasteiger partial charge in [0.05, 0.1) is 24.4 Å². The van der Waals surface area contributed by atoms with Gasteiger partial charge in [-0.1, -0.05) is 6.92 Å². The molecule has 17 heteroatoms. The van der Waals surface area contributed by atoms with Crippen LogP contribution < -0.4 is 10.6 Å². The van der Waals surface area contributed by atoms with Crippen molar-refractivity contribution >= 4 is 59.8 Å². The first-order chi connectivity index (χ1) is 16.8. The van der Waals surface area contributed by atoms with Crippen molar-refractivity contribution in [3.63, 3.8) is 0 Å². The van der Waals surface area contributed by atoms with Gasteiger partial charge >= 0.3 is 0 Å². The predicted molar refractivity (Wildman–Crippen MR) is 145 cm³/mol. The molecule has 210 valence electrons. The fourth-order valence-electron chi connectivity index (χ4n) is 3.13. The Morgan fingerprint density at radius 1 is 1.00 bits per heavy atom. The molecule has 0 aliphatic heterocycles. The number of H-pyrrole nitrogens is 1. The van der Waals surface area contributed by atoms with E-state index in [2.05, 4.69) is 54.6 Å². The quantitative estimate of drug-likeness (QED) is 0.210. The molecule has 3 aromatic heterocycles. The molecule has 1 fully saturated rings. The lowest BCUT2D eigenvalue weighted by atomic mass is 10.1. The van der Waals surface area contributed by atoms with Crippen molar-refractivity contribution < 1.29 is 36.9 Å². The van der Waals surface area contributed by atoms with Gasteiger partial charge in [-0.2, -0.15) is 26.8 Å². The van der Waals surface area contributed by atoms with E-state index in [0.29, 0.717) is 24.5 Å². The first kappa shape index (κ1) is 32.5. The van der Waals surface area contributed by atoms with Gasteiger partial charge < -0.3 is 26.6 Å². The van der Waals surface area contributed by atoms with Gasteiger partial charge in [-0.05, 0) is 49.1 Å². The molecule has 9 N–H and O–H groups in total. The second-order valence-electron chi connectivity index (χ2n) is 8.06. The van der Waals surface area contributed by atoms with Gasteiger partial charge in [0.2, 0.25) is 5.95 Å². The number of hydrogen-bond acceptors (Lipinski definition) is 10. The first-order valence-corrected chi connectivity index (χ1v) is 14.5. The van der Waals surface area contributed by atoms with Gasteiger partial charge in [-0.3, -0.25) is 14.1 Å². The summed E-state index contributed by atoms with van der Waals surface area (Å²) in [4.78, 5) is 21.0. The fourth-order valence-corrected chi connectivity index (χ4v) is 3.13. The summed E-state index contributed by atoms with van der Waals surface area (Å²) in [5.74, 6) is 1.32. The van der Waals surface area contributed by atoms with Crippen LogP contribution in [-0.4, -0.2) is 80.4 Å². The second kappa shape index (κ2) is 13.4. The number of aromatic nitrogens is 5. The Morgan fingerprint density at radius 3 is 2.21 bits per heavy atom. The first-order valence-electron chi connectivity index (χ1n) is 10.8. The number of imidazole rings is 1. The standard InChI is InChI=1S/C19H19N7.2CH4O3S.2H2O/c1-2-11-7-8-20-15-6-5-13(9-14(11)15)24-19-25-17-16(21-10-22-17)18(26-19)23-12-3-4-12;2*1-5(2,3)4;;/h5-10,12H,2-4H2,1H3,(H3,21,22,23,24,25,26);2*1H3,(H,2,3,4);2*1H2. The molecule has 1 aliphatic carbocycles. The highest BCUT2D eigenvalue weighted by Gasteiger charge is 2.23. The topological polar surface area (TPSA) is 263 Å². The molecule has 1 aromatic carbocycles. The van der Waals surface area contributed by atoms with Crippen molar-refractivity contribution in [3.05, 3.63) is 42.4 Å². The van der Waals surface area contributed by atoms with E-state index in [-0.39, 0.29) is 11.0 Å². The lowest BCUT2D eigenvalue weighted by Gasteiger charge is -2.10. The van der Waals surface area contributed by atoms with Crippen molar-refractivity contribution in [1.29, 1.82) is 0 Å². The summed E-state index contributed by atoms with van der Waals surface area (Å²) in [6.07, 6.45) is 8.26. The third-order valence-electron chi connectivity index (χ3n) is 4.67. The molecule has 38 heavy (non-hydrogen) atoms. The van der Waals surface area contributed by atoms with E-state index in [0.717, 1.165) is 40.0 Å². The Balaban J connectivity index is 0.000000521. The van der Waals surface area contributed by atoms with E-state index in [1.165, 1.54) is 18.4 Å². The summed E-state index contributed by atoms with van der Waals surface area (Å²) >= 11 is 0. The minimum absolute atomic E-state index is 0. The van der Waals surface area contributed by atoms with Crippen molar-refractivity contribution in [1.82, 2.24) is 24.9 Å². The zero-order valence-electron chi connectivity index (χ0n) is 20.8. The molecular formula is C21H31N7O8S2. The number of fused-ring (bicyclic) bond motifs is 2. The van der Waals surface area contributed by atoms with Crippen molar-refractivity contribution in [2.24, 2.45) is 0 Å². The maximum atomic E-state index is 9.19. The normalized spacial score (nSPS) is 12.7. The molecule has 0 saturated heterocycles. The van der Waals surface area contributed by atoms with Gasteiger partial charge in [0.15, 0.2) is 11.5 Å². The molecule has 0 bridgehead atoms. The van der Waals surface area contributed by atoms with Crippen LogP contribution in [0.25, 0.3) is 22.1 Å². The molecule has 3 heterocycles. The largest absolute Gasteiger partial charge is 0.412 e. The van der Waals surface area contributed by atoms with E-state index < -0.39 is 20.2 Å². The summed E-state index contributed by atoms with van der Waals surface area (Å²) < 4.78 is 51.7. The highest BCUT2D eigenvalue weighted by Crippen LogP contribution is 2.29. The van der Waals surface area contributed by atoms with Crippen molar-refractivity contribution in [2.45, 2.75) is 32.2 Å². The number of pyridine rings is 1. The predicted octanol–water partition coefficient (Wildman–Crippen LogP) is 1.14. The Labute approximate surface area is 219 Å². The number of aryl methyl sites for hydroxylation is 1. The maximum absolute atomic E-state index is 9.19. The van der Waals surface area contributed by atoms with Gasteiger partial charge in [-0.25, -0.2) is 4.98 Å². The Hall–Kier alpha value is -3.48. The summed E-state index contributed by atoms with van der Waals surface area (Å²) in [6, 6.07) is 8.70. The van der Waals surface area contributed by atoms with Crippen LogP contribution >= 0.6 is 0 Å². The van der Waals surface area contributed by atoms with Crippen LogP contribution in [0.1, 0.15) is 25.3 Å². The summed E-state index contributed by atoms with van der Waals surface area (Å²) in [7, 11) is -7.33. The van der Waals surface area contributed by atoms with Crippen LogP contribution in [0, 0.1) is 0 Å². The molecule has 1 saturated carbocycles. The van der Waals surface area contributed by atoms with E-state index in [1.807, 2.05) is 18.3 Å². The monoisotopic (exact) mass is 573 g/mol. The highest BCUT2D eigenvalue weighted by molar-refractivity contribution is 7.85. The molecule has 0 radical (unpaired) electrons. The van der Waals surface area contributed by atoms with Gasteiger partial charge in [0.1, 0.15) is 5.52 Å². The third kappa shape index (κ3) is 10.9. The molecule has 0 unspecified atom stereocenters. The van der Waals surface area contributed by atoms with Crippen LogP contribution in [-0.2, 0) is 26.7 Å². The van der Waals surface area contributed by atoms with Gasteiger partial charge in [-0.15, -0.1) is 0 Å². The molecule has 0 amide bonds. The maximum Gasteiger partial charge on any atom is 0.261 e. The third-order valence-corrected chi connectivity index (χ3v) is 4.67. The SMILES string of the molecule is CCc1ccnc2ccc(Nc3nc(NC4CC4)c4nc[nH]c4n3)cc12.CS(=O)(=O)O.CS(=O)(=O)O.O.O. The highest BCUT2D eigenvalue weighted by atomic mass is 32.2. The number of hydrogen-bond donors (Lipinski definition) is 5. The molecule has 4 aromatic rings. The average Bonchev–Trinajstić information content (AvgIpc) is 3.44. The number of rotatable bonds is 5. The summed E-state index contributed by atoms with van der Waals surface area (Å²) in [5.41, 5.74) is 4.72. The fraction of sp³-hybridized carbons (Fsp3) is 0.333. The number of aromatic amines is 1. The second-order valence-corrected chi connectivity index (χ2v) is 11.0. The lowest BCUT2D eigenvalue weighted by Crippen LogP contribution is -2.07. The minimum atomic E-state index is -3.67. The van der Waals surface area contributed by atoms with Crippen molar-refractivity contribution in [2.75, 3.05) is 23.1 Å². The number of nitrogens with one attached hydrogen (secondary N) is 3. The number of nitrogens with zero attached hydrogens (tertiary/aromatic N) is 4. The molecule has 0 spiro atoms. The van der Waals surface area contributed by atoms with Crippen LogP contribution in [0.5, 0.6) is 0 Å². The molecule has 15 nitrogen and oxygen atoms in total. The number of benzene rings is 1.